The second kappa shape index (κ2) is 7.51. The molecule has 2 atom stereocenters. The maximum atomic E-state index is 12.0. The molecule has 0 bridgehead atoms. The van der Waals surface area contributed by atoms with Crippen LogP contribution in [-0.2, 0) is 13.0 Å². The molecule has 2 aliphatic heterocycles. The fraction of sp³-hybridized carbons (Fsp3) is 0.571. The van der Waals surface area contributed by atoms with Gasteiger partial charge in [-0.1, -0.05) is 19.4 Å². The van der Waals surface area contributed by atoms with Crippen molar-refractivity contribution < 1.29 is 9.52 Å². The lowest BCUT2D eigenvalue weighted by atomic mass is 10.1. The third-order valence-electron chi connectivity index (χ3n) is 5.89. The van der Waals surface area contributed by atoms with Gasteiger partial charge >= 0.3 is 5.63 Å². The Morgan fingerprint density at radius 2 is 1.96 bits per heavy atom. The summed E-state index contributed by atoms with van der Waals surface area (Å²) in [6, 6.07) is 7.87. The molecule has 2 aliphatic rings. The number of benzene rings is 1. The Bertz CT molecular complexity index is 826. The van der Waals surface area contributed by atoms with Gasteiger partial charge in [-0.25, -0.2) is 4.79 Å². The molecule has 140 valence electrons. The Labute approximate surface area is 154 Å². The van der Waals surface area contributed by atoms with Crippen LogP contribution in [0.4, 0.5) is 0 Å². The van der Waals surface area contributed by atoms with Crippen molar-refractivity contribution in [2.45, 2.75) is 51.3 Å². The zero-order chi connectivity index (χ0) is 18.1. The molecular weight excluding hydrogens is 328 g/mol. The van der Waals surface area contributed by atoms with E-state index in [1.54, 1.807) is 6.07 Å². The number of hydrogen-bond acceptors (Lipinski definition) is 5. The van der Waals surface area contributed by atoms with Crippen LogP contribution in [0.3, 0.4) is 0 Å². The van der Waals surface area contributed by atoms with E-state index in [1.165, 1.54) is 24.8 Å². The summed E-state index contributed by atoms with van der Waals surface area (Å²) in [6.07, 6.45) is 4.40. The van der Waals surface area contributed by atoms with Crippen LogP contribution in [0.1, 0.15) is 37.3 Å². The van der Waals surface area contributed by atoms with E-state index in [4.69, 9.17) is 4.42 Å². The zero-order valence-electron chi connectivity index (χ0n) is 15.5. The van der Waals surface area contributed by atoms with Crippen LogP contribution >= 0.6 is 0 Å². The second-order valence-electron chi connectivity index (χ2n) is 7.70. The highest BCUT2D eigenvalue weighted by molar-refractivity contribution is 5.80. The second-order valence-corrected chi connectivity index (χ2v) is 7.70. The van der Waals surface area contributed by atoms with Gasteiger partial charge in [-0.2, -0.15) is 0 Å². The van der Waals surface area contributed by atoms with Crippen molar-refractivity contribution in [1.82, 2.24) is 9.80 Å². The normalized spacial score (nSPS) is 25.2. The maximum absolute atomic E-state index is 12.0. The smallest absolute Gasteiger partial charge is 0.336 e. The summed E-state index contributed by atoms with van der Waals surface area (Å²) in [5.74, 6) is 0. The lowest BCUT2D eigenvalue weighted by Crippen LogP contribution is -2.45. The van der Waals surface area contributed by atoms with Crippen LogP contribution in [0.25, 0.3) is 11.0 Å². The molecule has 2 aromatic rings. The molecule has 2 fully saturated rings. The molecule has 4 rings (SSSR count). The summed E-state index contributed by atoms with van der Waals surface area (Å²) >= 11 is 0. The Morgan fingerprint density at radius 3 is 2.73 bits per heavy atom. The van der Waals surface area contributed by atoms with E-state index in [-0.39, 0.29) is 17.8 Å². The first-order chi connectivity index (χ1) is 12.6. The van der Waals surface area contributed by atoms with Crippen LogP contribution in [0.5, 0.6) is 0 Å². The van der Waals surface area contributed by atoms with Crippen LogP contribution in [-0.4, -0.2) is 53.2 Å². The number of aliphatic hydroxyl groups is 1. The van der Waals surface area contributed by atoms with Gasteiger partial charge in [0.15, 0.2) is 0 Å². The van der Waals surface area contributed by atoms with Crippen molar-refractivity contribution in [3.05, 3.63) is 45.8 Å². The number of nitrogens with zero attached hydrogens (tertiary/aromatic N) is 2. The average molecular weight is 356 g/mol. The SMILES string of the molecule is CCc1ccc2oc(=O)cc(CN3C[C@H](O)[C@@H](N4CCCCC4)C3)c2c1. The molecule has 1 aromatic carbocycles. The van der Waals surface area contributed by atoms with E-state index in [0.29, 0.717) is 18.7 Å². The van der Waals surface area contributed by atoms with Crippen molar-refractivity contribution in [2.24, 2.45) is 0 Å². The number of piperidine rings is 1. The van der Waals surface area contributed by atoms with Gasteiger partial charge in [0.1, 0.15) is 5.58 Å². The van der Waals surface area contributed by atoms with Crippen molar-refractivity contribution in [3.63, 3.8) is 0 Å². The van der Waals surface area contributed by atoms with E-state index in [2.05, 4.69) is 22.8 Å². The largest absolute Gasteiger partial charge is 0.423 e. The van der Waals surface area contributed by atoms with E-state index >= 15 is 0 Å². The number of aryl methyl sites for hydroxylation is 1. The summed E-state index contributed by atoms with van der Waals surface area (Å²) < 4.78 is 5.37. The van der Waals surface area contributed by atoms with Gasteiger partial charge in [-0.3, -0.25) is 9.80 Å². The number of fused-ring (bicyclic) bond motifs is 1. The number of β-amino-alcohol motifs (C(OH)–C–C–N with tert-alkyl or cyclic N) is 1. The van der Waals surface area contributed by atoms with Crippen LogP contribution in [0.2, 0.25) is 0 Å². The predicted octanol–water partition coefficient (Wildman–Crippen LogP) is 2.39. The molecule has 0 radical (unpaired) electrons. The van der Waals surface area contributed by atoms with Gasteiger partial charge in [-0.15, -0.1) is 0 Å². The highest BCUT2D eigenvalue weighted by Crippen LogP contribution is 2.25. The standard InChI is InChI=1S/C21H28N2O3/c1-2-15-6-7-20-17(10-15)16(11-21(25)26-20)12-22-13-18(19(24)14-22)23-8-4-3-5-9-23/h6-7,10-11,18-19,24H,2-5,8-9,12-14H2,1H3/t18-,19-/m0/s1. The lowest BCUT2D eigenvalue weighted by Gasteiger charge is -2.33. The molecule has 5 heteroatoms. The summed E-state index contributed by atoms with van der Waals surface area (Å²) in [7, 11) is 0. The molecule has 5 nitrogen and oxygen atoms in total. The van der Waals surface area contributed by atoms with Gasteiger partial charge in [-0.05, 0) is 55.6 Å². The van der Waals surface area contributed by atoms with E-state index in [0.717, 1.165) is 37.0 Å². The molecule has 0 aliphatic carbocycles. The first-order valence-electron chi connectivity index (χ1n) is 9.84. The minimum Gasteiger partial charge on any atom is -0.423 e. The highest BCUT2D eigenvalue weighted by atomic mass is 16.4. The lowest BCUT2D eigenvalue weighted by molar-refractivity contribution is 0.0706. The Kier molecular flexibility index (Phi) is 5.11. The van der Waals surface area contributed by atoms with Crippen LogP contribution < -0.4 is 5.63 Å². The van der Waals surface area contributed by atoms with Gasteiger partial charge in [0.2, 0.25) is 0 Å². The third kappa shape index (κ3) is 3.56. The summed E-state index contributed by atoms with van der Waals surface area (Å²) in [4.78, 5) is 16.7. The topological polar surface area (TPSA) is 56.9 Å². The highest BCUT2D eigenvalue weighted by Gasteiger charge is 2.35. The minimum absolute atomic E-state index is 0.216. The number of hydrogen-bond donors (Lipinski definition) is 1. The molecule has 0 unspecified atom stereocenters. The molecule has 1 aromatic heterocycles. The predicted molar refractivity (Wildman–Crippen MR) is 102 cm³/mol. The molecule has 26 heavy (non-hydrogen) atoms. The van der Waals surface area contributed by atoms with Crippen molar-refractivity contribution in [2.75, 3.05) is 26.2 Å². The number of aliphatic hydroxyl groups excluding tert-OH is 1. The average Bonchev–Trinajstić information content (AvgIpc) is 3.02. The van der Waals surface area contributed by atoms with Gasteiger partial charge in [0.05, 0.1) is 6.10 Å². The Morgan fingerprint density at radius 1 is 1.15 bits per heavy atom. The number of likely N-dealkylation sites (tertiary alicyclic amines) is 2. The molecule has 0 amide bonds. The first kappa shape index (κ1) is 17.7. The fourth-order valence-electron chi connectivity index (χ4n) is 4.45. The number of rotatable bonds is 4. The molecule has 2 saturated heterocycles. The van der Waals surface area contributed by atoms with Gasteiger partial charge in [0.25, 0.3) is 0 Å². The van der Waals surface area contributed by atoms with E-state index in [1.807, 2.05) is 12.1 Å². The summed E-state index contributed by atoms with van der Waals surface area (Å²) in [5, 5.41) is 11.6. The van der Waals surface area contributed by atoms with Gasteiger partial charge in [0, 0.05) is 37.1 Å². The Hall–Kier alpha value is -1.69. The third-order valence-corrected chi connectivity index (χ3v) is 5.89. The monoisotopic (exact) mass is 356 g/mol. The first-order valence-corrected chi connectivity index (χ1v) is 9.84. The fourth-order valence-corrected chi connectivity index (χ4v) is 4.45. The van der Waals surface area contributed by atoms with Crippen molar-refractivity contribution >= 4 is 11.0 Å². The molecule has 0 saturated carbocycles. The van der Waals surface area contributed by atoms with Crippen LogP contribution in [0, 0.1) is 0 Å². The molecule has 3 heterocycles. The summed E-state index contributed by atoms with van der Waals surface area (Å²) in [6.45, 7) is 6.50. The molecular formula is C21H28N2O3. The molecule has 0 spiro atoms. The zero-order valence-corrected chi connectivity index (χ0v) is 15.5. The van der Waals surface area contributed by atoms with E-state index < -0.39 is 0 Å². The van der Waals surface area contributed by atoms with Crippen molar-refractivity contribution in [3.8, 4) is 0 Å². The minimum atomic E-state index is -0.314. The summed E-state index contributed by atoms with van der Waals surface area (Å²) in [5.41, 5.74) is 2.58. The Balaban J connectivity index is 1.56. The maximum Gasteiger partial charge on any atom is 0.336 e. The van der Waals surface area contributed by atoms with Crippen molar-refractivity contribution in [1.29, 1.82) is 0 Å². The quantitative estimate of drug-likeness (QED) is 0.853. The van der Waals surface area contributed by atoms with Gasteiger partial charge < -0.3 is 9.52 Å². The van der Waals surface area contributed by atoms with Crippen LogP contribution in [0.15, 0.2) is 33.5 Å². The molecule has 1 N–H and O–H groups in total. The van der Waals surface area contributed by atoms with E-state index in [9.17, 15) is 9.90 Å².